The molecule has 1 aromatic carbocycles. The van der Waals surface area contributed by atoms with Gasteiger partial charge in [-0.05, 0) is 31.9 Å². The Kier molecular flexibility index (Phi) is 4.92. The Bertz CT molecular complexity index is 698. The standard InChI is InChI=1S/C17H21N3O4/c1-12-3-2-4-16(10-21)19(12)9-14-11-24-17(18-14)13-5-7-15(8-6-13)20(22)23/h5-8,11-12,16,21H,2-4,9-10H2,1H3/t12-,16+/m0/s1. The minimum Gasteiger partial charge on any atom is -0.444 e. The van der Waals surface area contributed by atoms with E-state index < -0.39 is 4.92 Å². The lowest BCUT2D eigenvalue weighted by molar-refractivity contribution is -0.384. The summed E-state index contributed by atoms with van der Waals surface area (Å²) < 4.78 is 5.53. The van der Waals surface area contributed by atoms with Crippen molar-refractivity contribution in [3.05, 3.63) is 46.3 Å². The Morgan fingerprint density at radius 1 is 1.38 bits per heavy atom. The van der Waals surface area contributed by atoms with Crippen LogP contribution in [-0.2, 0) is 6.54 Å². The fourth-order valence-electron chi connectivity index (χ4n) is 3.25. The summed E-state index contributed by atoms with van der Waals surface area (Å²) in [5, 5.41) is 20.3. The molecule has 24 heavy (non-hydrogen) atoms. The number of benzene rings is 1. The van der Waals surface area contributed by atoms with E-state index in [0.717, 1.165) is 25.0 Å². The lowest BCUT2D eigenvalue weighted by atomic mass is 9.97. The van der Waals surface area contributed by atoms with Gasteiger partial charge in [-0.2, -0.15) is 0 Å². The van der Waals surface area contributed by atoms with Crippen molar-refractivity contribution >= 4 is 5.69 Å². The van der Waals surface area contributed by atoms with Gasteiger partial charge in [0.25, 0.3) is 5.69 Å². The first-order chi connectivity index (χ1) is 11.6. The summed E-state index contributed by atoms with van der Waals surface area (Å²) in [6.45, 7) is 2.94. The second-order valence-electron chi connectivity index (χ2n) is 6.24. The molecule has 0 aliphatic carbocycles. The topological polar surface area (TPSA) is 92.6 Å². The molecule has 128 valence electrons. The van der Waals surface area contributed by atoms with Crippen molar-refractivity contribution in [3.63, 3.8) is 0 Å². The van der Waals surface area contributed by atoms with Crippen LogP contribution in [0.15, 0.2) is 34.9 Å². The SMILES string of the molecule is C[C@H]1CCC[C@H](CO)N1Cc1coc(-c2ccc([N+](=O)[O-])cc2)n1. The van der Waals surface area contributed by atoms with Gasteiger partial charge in [0.15, 0.2) is 0 Å². The van der Waals surface area contributed by atoms with E-state index in [1.165, 1.54) is 12.1 Å². The maximum atomic E-state index is 10.7. The van der Waals surface area contributed by atoms with Gasteiger partial charge in [0.1, 0.15) is 6.26 Å². The molecular weight excluding hydrogens is 310 g/mol. The molecule has 0 saturated carbocycles. The van der Waals surface area contributed by atoms with Gasteiger partial charge in [0, 0.05) is 36.3 Å². The van der Waals surface area contributed by atoms with Gasteiger partial charge < -0.3 is 9.52 Å². The number of nitrogens with zero attached hydrogens (tertiary/aromatic N) is 3. The van der Waals surface area contributed by atoms with Crippen LogP contribution in [0.1, 0.15) is 31.9 Å². The molecule has 7 heteroatoms. The number of oxazole rings is 1. The Balaban J connectivity index is 1.74. The lowest BCUT2D eigenvalue weighted by Crippen LogP contribution is -2.46. The molecule has 1 N–H and O–H groups in total. The quantitative estimate of drug-likeness (QED) is 0.669. The Morgan fingerprint density at radius 2 is 2.12 bits per heavy atom. The van der Waals surface area contributed by atoms with Gasteiger partial charge in [-0.1, -0.05) is 6.42 Å². The van der Waals surface area contributed by atoms with Crippen LogP contribution in [0.4, 0.5) is 5.69 Å². The molecule has 0 unspecified atom stereocenters. The molecule has 0 spiro atoms. The molecule has 1 aliphatic heterocycles. The number of hydrogen-bond donors (Lipinski definition) is 1. The molecule has 1 fully saturated rings. The van der Waals surface area contributed by atoms with E-state index in [9.17, 15) is 15.2 Å². The van der Waals surface area contributed by atoms with Crippen molar-refractivity contribution in [3.8, 4) is 11.5 Å². The first-order valence-corrected chi connectivity index (χ1v) is 8.14. The zero-order valence-corrected chi connectivity index (χ0v) is 13.6. The van der Waals surface area contributed by atoms with Crippen molar-refractivity contribution in [1.82, 2.24) is 9.88 Å². The smallest absolute Gasteiger partial charge is 0.269 e. The van der Waals surface area contributed by atoms with E-state index in [1.54, 1.807) is 18.4 Å². The molecule has 0 amide bonds. The van der Waals surface area contributed by atoms with Crippen LogP contribution >= 0.6 is 0 Å². The highest BCUT2D eigenvalue weighted by molar-refractivity contribution is 5.55. The third kappa shape index (κ3) is 3.47. The minimum absolute atomic E-state index is 0.0402. The third-order valence-corrected chi connectivity index (χ3v) is 4.63. The summed E-state index contributed by atoms with van der Waals surface area (Å²) in [4.78, 5) is 17.0. The molecule has 1 aromatic heterocycles. The molecule has 1 saturated heterocycles. The summed E-state index contributed by atoms with van der Waals surface area (Å²) in [6.07, 6.45) is 4.86. The normalized spacial score (nSPS) is 21.8. The fourth-order valence-corrected chi connectivity index (χ4v) is 3.25. The first-order valence-electron chi connectivity index (χ1n) is 8.14. The van der Waals surface area contributed by atoms with Gasteiger partial charge in [0.2, 0.25) is 5.89 Å². The molecule has 2 heterocycles. The lowest BCUT2D eigenvalue weighted by Gasteiger charge is -2.39. The Morgan fingerprint density at radius 3 is 2.79 bits per heavy atom. The summed E-state index contributed by atoms with van der Waals surface area (Å²) in [7, 11) is 0. The molecule has 2 aromatic rings. The van der Waals surface area contributed by atoms with E-state index in [1.807, 2.05) is 0 Å². The predicted octanol–water partition coefficient (Wildman–Crippen LogP) is 2.99. The summed E-state index contributed by atoms with van der Waals surface area (Å²) in [6, 6.07) is 6.70. The van der Waals surface area contributed by atoms with Crippen LogP contribution in [-0.4, -0.2) is 38.6 Å². The number of hydrogen-bond acceptors (Lipinski definition) is 6. The van der Waals surface area contributed by atoms with Crippen LogP contribution in [0, 0.1) is 10.1 Å². The van der Waals surface area contributed by atoms with Crippen LogP contribution in [0.3, 0.4) is 0 Å². The number of likely N-dealkylation sites (tertiary alicyclic amines) is 1. The zero-order valence-electron chi connectivity index (χ0n) is 13.6. The maximum absolute atomic E-state index is 10.7. The number of rotatable bonds is 5. The van der Waals surface area contributed by atoms with Crippen molar-refractivity contribution in [2.24, 2.45) is 0 Å². The van der Waals surface area contributed by atoms with Crippen LogP contribution < -0.4 is 0 Å². The molecule has 3 rings (SSSR count). The number of aliphatic hydroxyl groups is 1. The molecule has 0 bridgehead atoms. The monoisotopic (exact) mass is 331 g/mol. The molecule has 0 radical (unpaired) electrons. The van der Waals surface area contributed by atoms with E-state index in [4.69, 9.17) is 4.42 Å². The number of aromatic nitrogens is 1. The summed E-state index contributed by atoms with van der Waals surface area (Å²) in [5.74, 6) is 0.449. The van der Waals surface area contributed by atoms with Crippen molar-refractivity contribution in [2.75, 3.05) is 6.61 Å². The third-order valence-electron chi connectivity index (χ3n) is 4.63. The minimum atomic E-state index is -0.433. The predicted molar refractivity (Wildman–Crippen MR) is 88.3 cm³/mol. The van der Waals surface area contributed by atoms with Crippen LogP contribution in [0.2, 0.25) is 0 Å². The number of aliphatic hydroxyl groups excluding tert-OH is 1. The van der Waals surface area contributed by atoms with Gasteiger partial charge in [-0.15, -0.1) is 0 Å². The van der Waals surface area contributed by atoms with E-state index in [2.05, 4.69) is 16.8 Å². The summed E-state index contributed by atoms with van der Waals surface area (Å²) in [5.41, 5.74) is 1.55. The first kappa shape index (κ1) is 16.6. The average Bonchev–Trinajstić information content (AvgIpc) is 3.05. The second kappa shape index (κ2) is 7.11. The van der Waals surface area contributed by atoms with Gasteiger partial charge in [-0.25, -0.2) is 4.98 Å². The second-order valence-corrected chi connectivity index (χ2v) is 6.24. The van der Waals surface area contributed by atoms with Crippen LogP contribution in [0.25, 0.3) is 11.5 Å². The molecule has 2 atom stereocenters. The van der Waals surface area contributed by atoms with Crippen molar-refractivity contribution in [1.29, 1.82) is 0 Å². The largest absolute Gasteiger partial charge is 0.444 e. The number of piperidine rings is 1. The van der Waals surface area contributed by atoms with Gasteiger partial charge >= 0.3 is 0 Å². The number of non-ortho nitro benzene ring substituents is 1. The summed E-state index contributed by atoms with van der Waals surface area (Å²) >= 11 is 0. The maximum Gasteiger partial charge on any atom is 0.269 e. The number of nitro benzene ring substituents is 1. The highest BCUT2D eigenvalue weighted by Crippen LogP contribution is 2.26. The van der Waals surface area contributed by atoms with Crippen molar-refractivity contribution < 1.29 is 14.4 Å². The highest BCUT2D eigenvalue weighted by Gasteiger charge is 2.28. The Labute approximate surface area is 140 Å². The van der Waals surface area contributed by atoms with Gasteiger partial charge in [-0.3, -0.25) is 15.0 Å². The van der Waals surface area contributed by atoms with Crippen LogP contribution in [0.5, 0.6) is 0 Å². The molecule has 1 aliphatic rings. The molecule has 7 nitrogen and oxygen atoms in total. The average molecular weight is 331 g/mol. The van der Waals surface area contributed by atoms with E-state index in [-0.39, 0.29) is 18.3 Å². The van der Waals surface area contributed by atoms with E-state index >= 15 is 0 Å². The number of nitro groups is 1. The fraction of sp³-hybridized carbons (Fsp3) is 0.471. The molecular formula is C17H21N3O4. The van der Waals surface area contributed by atoms with E-state index in [0.29, 0.717) is 24.0 Å². The Hall–Kier alpha value is -2.25. The zero-order chi connectivity index (χ0) is 17.1. The van der Waals surface area contributed by atoms with Gasteiger partial charge in [0.05, 0.1) is 17.2 Å². The highest BCUT2D eigenvalue weighted by atomic mass is 16.6. The van der Waals surface area contributed by atoms with Crippen molar-refractivity contribution in [2.45, 2.75) is 44.8 Å².